The third-order valence-electron chi connectivity index (χ3n) is 3.47. The quantitative estimate of drug-likeness (QED) is 0.637. The van der Waals surface area contributed by atoms with Crippen LogP contribution in [-0.4, -0.2) is 0 Å². The summed E-state index contributed by atoms with van der Waals surface area (Å²) >= 11 is 0. The average molecular weight is 259 g/mol. The van der Waals surface area contributed by atoms with Crippen LogP contribution in [-0.2, 0) is 0 Å². The van der Waals surface area contributed by atoms with E-state index >= 15 is 0 Å². The molecule has 20 heavy (non-hydrogen) atoms. The van der Waals surface area contributed by atoms with Crippen molar-refractivity contribution in [2.75, 3.05) is 5.32 Å². The fourth-order valence-electron chi connectivity index (χ4n) is 2.40. The first-order valence-corrected chi connectivity index (χ1v) is 6.79. The first-order chi connectivity index (χ1) is 9.86. The molecule has 0 aliphatic rings. The molecule has 1 heteroatoms. The molecule has 3 aromatic carbocycles. The lowest BCUT2D eigenvalue weighted by molar-refractivity contribution is 0.989. The molecule has 3 rings (SSSR count). The Morgan fingerprint density at radius 1 is 0.800 bits per heavy atom. The number of rotatable bonds is 4. The fourth-order valence-corrected chi connectivity index (χ4v) is 2.40. The fraction of sp³-hybridized carbons (Fsp3) is 0.0526. The highest BCUT2D eigenvalue weighted by Gasteiger charge is 2.06. The van der Waals surface area contributed by atoms with Gasteiger partial charge in [-0.2, -0.15) is 0 Å². The zero-order chi connectivity index (χ0) is 13.8. The van der Waals surface area contributed by atoms with Crippen LogP contribution in [0, 0.1) is 0 Å². The first kappa shape index (κ1) is 12.5. The molecule has 0 aromatic heterocycles. The minimum Gasteiger partial charge on any atom is -0.375 e. The molecule has 0 aliphatic heterocycles. The van der Waals surface area contributed by atoms with Crippen LogP contribution in [0.25, 0.3) is 10.8 Å². The van der Waals surface area contributed by atoms with Gasteiger partial charge in [-0.1, -0.05) is 66.7 Å². The van der Waals surface area contributed by atoms with Gasteiger partial charge in [-0.3, -0.25) is 0 Å². The normalized spacial score (nSPS) is 12.0. The minimum absolute atomic E-state index is 0.123. The highest BCUT2D eigenvalue weighted by atomic mass is 14.9. The number of fused-ring (bicyclic) bond motifs is 1. The Labute approximate surface area is 119 Å². The predicted octanol–water partition coefficient (Wildman–Crippen LogP) is 5.18. The Kier molecular flexibility index (Phi) is 3.51. The van der Waals surface area contributed by atoms with Crippen LogP contribution >= 0.6 is 0 Å². The Balaban J connectivity index is 1.89. The number of hydrogen-bond acceptors (Lipinski definition) is 1. The maximum Gasteiger partial charge on any atom is 0.0695 e. The molecule has 0 heterocycles. The Morgan fingerprint density at radius 3 is 2.25 bits per heavy atom. The summed E-state index contributed by atoms with van der Waals surface area (Å²) in [5.41, 5.74) is 2.33. The third-order valence-corrected chi connectivity index (χ3v) is 3.47. The van der Waals surface area contributed by atoms with Crippen molar-refractivity contribution in [2.24, 2.45) is 0 Å². The molecule has 0 saturated carbocycles. The van der Waals surface area contributed by atoms with Gasteiger partial charge in [0.25, 0.3) is 0 Å². The van der Waals surface area contributed by atoms with Gasteiger partial charge < -0.3 is 5.32 Å². The van der Waals surface area contributed by atoms with Crippen molar-refractivity contribution in [3.8, 4) is 0 Å². The van der Waals surface area contributed by atoms with Gasteiger partial charge in [-0.15, -0.1) is 6.58 Å². The molecule has 1 atom stereocenters. The van der Waals surface area contributed by atoms with E-state index in [1.165, 1.54) is 16.3 Å². The van der Waals surface area contributed by atoms with Crippen LogP contribution in [0.1, 0.15) is 11.6 Å². The van der Waals surface area contributed by atoms with E-state index in [4.69, 9.17) is 0 Å². The minimum atomic E-state index is 0.123. The van der Waals surface area contributed by atoms with Gasteiger partial charge in [0.1, 0.15) is 0 Å². The lowest BCUT2D eigenvalue weighted by Gasteiger charge is -2.17. The van der Waals surface area contributed by atoms with Crippen molar-refractivity contribution in [1.82, 2.24) is 0 Å². The Hall–Kier alpha value is -2.54. The van der Waals surface area contributed by atoms with E-state index in [1.54, 1.807) is 0 Å². The average Bonchev–Trinajstić information content (AvgIpc) is 2.53. The van der Waals surface area contributed by atoms with Gasteiger partial charge >= 0.3 is 0 Å². The summed E-state index contributed by atoms with van der Waals surface area (Å²) in [7, 11) is 0. The molecule has 0 fully saturated rings. The van der Waals surface area contributed by atoms with Crippen molar-refractivity contribution in [1.29, 1.82) is 0 Å². The molecule has 1 unspecified atom stereocenters. The van der Waals surface area contributed by atoms with E-state index in [0.29, 0.717) is 0 Å². The zero-order valence-corrected chi connectivity index (χ0v) is 11.3. The van der Waals surface area contributed by atoms with Crippen LogP contribution in [0.2, 0.25) is 0 Å². The molecule has 1 N–H and O–H groups in total. The van der Waals surface area contributed by atoms with E-state index in [0.717, 1.165) is 5.69 Å². The molecular weight excluding hydrogens is 242 g/mol. The van der Waals surface area contributed by atoms with E-state index in [-0.39, 0.29) is 6.04 Å². The molecular formula is C19H17N. The maximum atomic E-state index is 3.93. The summed E-state index contributed by atoms with van der Waals surface area (Å²) in [5, 5.41) is 6.02. The highest BCUT2D eigenvalue weighted by Crippen LogP contribution is 2.24. The van der Waals surface area contributed by atoms with Crippen molar-refractivity contribution in [3.63, 3.8) is 0 Å². The summed E-state index contributed by atoms with van der Waals surface area (Å²) in [6.45, 7) is 3.93. The summed E-state index contributed by atoms with van der Waals surface area (Å²) < 4.78 is 0. The number of nitrogens with one attached hydrogen (secondary N) is 1. The third kappa shape index (κ3) is 2.57. The molecule has 0 bridgehead atoms. The predicted molar refractivity (Wildman–Crippen MR) is 87.0 cm³/mol. The maximum absolute atomic E-state index is 3.93. The molecule has 0 amide bonds. The van der Waals surface area contributed by atoms with E-state index in [2.05, 4.69) is 66.5 Å². The molecule has 98 valence electrons. The molecule has 0 saturated heterocycles. The van der Waals surface area contributed by atoms with E-state index < -0.39 is 0 Å². The monoisotopic (exact) mass is 259 g/mol. The topological polar surface area (TPSA) is 12.0 Å². The van der Waals surface area contributed by atoms with Gasteiger partial charge in [-0.25, -0.2) is 0 Å². The highest BCUT2D eigenvalue weighted by molar-refractivity contribution is 5.85. The first-order valence-electron chi connectivity index (χ1n) is 6.79. The second-order valence-corrected chi connectivity index (χ2v) is 4.83. The largest absolute Gasteiger partial charge is 0.375 e. The van der Waals surface area contributed by atoms with Crippen molar-refractivity contribution in [2.45, 2.75) is 6.04 Å². The van der Waals surface area contributed by atoms with Crippen molar-refractivity contribution in [3.05, 3.63) is 91.0 Å². The lowest BCUT2D eigenvalue weighted by atomic mass is 10.1. The Morgan fingerprint density at radius 2 is 1.50 bits per heavy atom. The second-order valence-electron chi connectivity index (χ2n) is 4.83. The second kappa shape index (κ2) is 5.62. The molecule has 1 nitrogen and oxygen atoms in total. The summed E-state index contributed by atoms with van der Waals surface area (Å²) in [6.07, 6.45) is 1.94. The smallest absolute Gasteiger partial charge is 0.0695 e. The van der Waals surface area contributed by atoms with Crippen LogP contribution in [0.3, 0.4) is 0 Å². The van der Waals surface area contributed by atoms with Crippen LogP contribution < -0.4 is 5.32 Å². The number of benzene rings is 3. The SMILES string of the molecule is C=CC(Nc1ccc2ccccc2c1)c1ccccc1. The molecule has 0 spiro atoms. The molecule has 3 aromatic rings. The van der Waals surface area contributed by atoms with Gasteiger partial charge in [0.2, 0.25) is 0 Å². The summed E-state index contributed by atoms with van der Waals surface area (Å²) in [6, 6.07) is 25.3. The van der Waals surface area contributed by atoms with Crippen molar-refractivity contribution >= 4 is 16.5 Å². The lowest BCUT2D eigenvalue weighted by Crippen LogP contribution is -2.07. The van der Waals surface area contributed by atoms with E-state index in [9.17, 15) is 0 Å². The van der Waals surface area contributed by atoms with Crippen molar-refractivity contribution < 1.29 is 0 Å². The molecule has 0 radical (unpaired) electrons. The van der Waals surface area contributed by atoms with Gasteiger partial charge in [0, 0.05) is 5.69 Å². The van der Waals surface area contributed by atoms with Crippen LogP contribution in [0.15, 0.2) is 85.5 Å². The number of anilines is 1. The van der Waals surface area contributed by atoms with E-state index in [1.807, 2.05) is 24.3 Å². The van der Waals surface area contributed by atoms with Gasteiger partial charge in [0.05, 0.1) is 6.04 Å². The Bertz CT molecular complexity index is 716. The zero-order valence-electron chi connectivity index (χ0n) is 11.3. The van der Waals surface area contributed by atoms with Gasteiger partial charge in [-0.05, 0) is 28.5 Å². The molecule has 0 aliphatic carbocycles. The number of hydrogen-bond donors (Lipinski definition) is 1. The summed E-state index contributed by atoms with van der Waals surface area (Å²) in [5.74, 6) is 0. The van der Waals surface area contributed by atoms with Gasteiger partial charge in [0.15, 0.2) is 0 Å². The van der Waals surface area contributed by atoms with Crippen LogP contribution in [0.5, 0.6) is 0 Å². The standard InChI is InChI=1S/C19H17N/c1-2-19(16-9-4-3-5-10-16)20-18-13-12-15-8-6-7-11-17(15)14-18/h2-14,19-20H,1H2. The van der Waals surface area contributed by atoms with Crippen LogP contribution in [0.4, 0.5) is 5.69 Å². The summed E-state index contributed by atoms with van der Waals surface area (Å²) in [4.78, 5) is 0.